The second-order valence-electron chi connectivity index (χ2n) is 5.04. The van der Waals surface area contributed by atoms with Crippen molar-refractivity contribution in [1.82, 2.24) is 0 Å². The molecule has 0 aliphatic heterocycles. The predicted molar refractivity (Wildman–Crippen MR) is 74.0 cm³/mol. The van der Waals surface area contributed by atoms with Gasteiger partial charge in [0.05, 0.1) is 10.8 Å². The van der Waals surface area contributed by atoms with E-state index in [0.717, 1.165) is 0 Å². The molecule has 1 aromatic rings. The molecule has 8 nitrogen and oxygen atoms in total. The lowest BCUT2D eigenvalue weighted by molar-refractivity contribution is -0.384. The van der Waals surface area contributed by atoms with Crippen LogP contribution >= 0.6 is 0 Å². The molecular formula is C13H15N3O5. The van der Waals surface area contributed by atoms with Gasteiger partial charge in [0.1, 0.15) is 5.69 Å². The summed E-state index contributed by atoms with van der Waals surface area (Å²) in [4.78, 5) is 32.5. The number of carboxylic acid groups (broad SMARTS) is 1. The van der Waals surface area contributed by atoms with Gasteiger partial charge in [-0.25, -0.2) is 0 Å². The molecule has 1 aliphatic carbocycles. The van der Waals surface area contributed by atoms with E-state index in [1.54, 1.807) is 0 Å². The molecule has 2 rings (SSSR count). The summed E-state index contributed by atoms with van der Waals surface area (Å²) >= 11 is 0. The van der Waals surface area contributed by atoms with Crippen LogP contribution in [-0.4, -0.2) is 27.9 Å². The van der Waals surface area contributed by atoms with E-state index in [2.05, 4.69) is 5.32 Å². The van der Waals surface area contributed by atoms with E-state index >= 15 is 0 Å². The number of nitrogens with two attached hydrogens (primary N) is 1. The van der Waals surface area contributed by atoms with Crippen LogP contribution in [0.2, 0.25) is 0 Å². The zero-order chi connectivity index (χ0) is 15.6. The molecule has 112 valence electrons. The molecule has 1 aromatic carbocycles. The normalized spacial score (nSPS) is 21.0. The van der Waals surface area contributed by atoms with Crippen molar-refractivity contribution >= 4 is 23.3 Å². The number of rotatable bonds is 5. The standard InChI is InChI=1S/C13H15N3O5/c14-12(17)7-2-4-11(16(20)21)10(6-7)15-9-3-1-8(5-9)13(18)19/h2,4,6,8-9,15H,1,3,5H2,(H2,14,17)(H,18,19). The summed E-state index contributed by atoms with van der Waals surface area (Å²) in [6.07, 6.45) is 1.53. The quantitative estimate of drug-likeness (QED) is 0.554. The molecule has 0 radical (unpaired) electrons. The van der Waals surface area contributed by atoms with Gasteiger partial charge >= 0.3 is 5.97 Å². The van der Waals surface area contributed by atoms with E-state index in [1.165, 1.54) is 18.2 Å². The Morgan fingerprint density at radius 3 is 2.62 bits per heavy atom. The summed E-state index contributed by atoms with van der Waals surface area (Å²) in [7, 11) is 0. The third kappa shape index (κ3) is 3.28. The van der Waals surface area contributed by atoms with Gasteiger partial charge in [-0.05, 0) is 31.4 Å². The molecule has 1 aliphatic rings. The molecule has 0 saturated heterocycles. The second kappa shape index (κ2) is 5.78. The number of benzene rings is 1. The topological polar surface area (TPSA) is 136 Å². The van der Waals surface area contributed by atoms with E-state index < -0.39 is 22.7 Å². The highest BCUT2D eigenvalue weighted by atomic mass is 16.6. The van der Waals surface area contributed by atoms with Crippen molar-refractivity contribution in [3.8, 4) is 0 Å². The molecule has 0 spiro atoms. The Morgan fingerprint density at radius 2 is 2.10 bits per heavy atom. The van der Waals surface area contributed by atoms with Crippen LogP contribution in [-0.2, 0) is 4.79 Å². The maximum atomic E-state index is 11.2. The van der Waals surface area contributed by atoms with Crippen molar-refractivity contribution in [2.24, 2.45) is 11.7 Å². The number of nitrogens with zero attached hydrogens (tertiary/aromatic N) is 1. The van der Waals surface area contributed by atoms with Gasteiger partial charge in [-0.15, -0.1) is 0 Å². The van der Waals surface area contributed by atoms with Gasteiger partial charge in [0.25, 0.3) is 5.69 Å². The van der Waals surface area contributed by atoms with Gasteiger partial charge in [0, 0.05) is 17.7 Å². The Morgan fingerprint density at radius 1 is 1.38 bits per heavy atom. The SMILES string of the molecule is NC(=O)c1ccc([N+](=O)[O-])c(NC2CCC(C(=O)O)C2)c1. The van der Waals surface area contributed by atoms with Gasteiger partial charge in [0.2, 0.25) is 5.91 Å². The first-order valence-corrected chi connectivity index (χ1v) is 6.46. The van der Waals surface area contributed by atoms with Crippen molar-refractivity contribution in [2.45, 2.75) is 25.3 Å². The van der Waals surface area contributed by atoms with Crippen LogP contribution in [0.15, 0.2) is 18.2 Å². The van der Waals surface area contributed by atoms with Crippen molar-refractivity contribution in [3.63, 3.8) is 0 Å². The smallest absolute Gasteiger partial charge is 0.306 e. The molecule has 1 saturated carbocycles. The fourth-order valence-electron chi connectivity index (χ4n) is 2.52. The van der Waals surface area contributed by atoms with Crippen LogP contribution < -0.4 is 11.1 Å². The number of carbonyl (C=O) groups excluding carboxylic acids is 1. The Balaban J connectivity index is 2.22. The molecular weight excluding hydrogens is 278 g/mol. The largest absolute Gasteiger partial charge is 0.481 e. The minimum absolute atomic E-state index is 0.163. The fourth-order valence-corrected chi connectivity index (χ4v) is 2.52. The third-order valence-corrected chi connectivity index (χ3v) is 3.62. The van der Waals surface area contributed by atoms with Crippen molar-refractivity contribution in [2.75, 3.05) is 5.32 Å². The first-order chi connectivity index (χ1) is 9.88. The maximum absolute atomic E-state index is 11.2. The summed E-state index contributed by atoms with van der Waals surface area (Å²) in [5.74, 6) is -1.98. The lowest BCUT2D eigenvalue weighted by atomic mass is 10.1. The van der Waals surface area contributed by atoms with E-state index in [-0.39, 0.29) is 23.0 Å². The molecule has 0 bridgehead atoms. The van der Waals surface area contributed by atoms with Crippen molar-refractivity contribution in [3.05, 3.63) is 33.9 Å². The van der Waals surface area contributed by atoms with Crippen LogP contribution in [0.4, 0.5) is 11.4 Å². The Bertz CT molecular complexity index is 601. The second-order valence-corrected chi connectivity index (χ2v) is 5.04. The molecule has 21 heavy (non-hydrogen) atoms. The number of anilines is 1. The van der Waals surface area contributed by atoms with Gasteiger partial charge < -0.3 is 16.2 Å². The minimum Gasteiger partial charge on any atom is -0.481 e. The summed E-state index contributed by atoms with van der Waals surface area (Å²) in [6.45, 7) is 0. The number of hydrogen-bond donors (Lipinski definition) is 3. The van der Waals surface area contributed by atoms with Gasteiger partial charge in [-0.1, -0.05) is 0 Å². The lowest BCUT2D eigenvalue weighted by Crippen LogP contribution is -2.19. The van der Waals surface area contributed by atoms with Crippen LogP contribution in [0, 0.1) is 16.0 Å². The van der Waals surface area contributed by atoms with Crippen LogP contribution in [0.1, 0.15) is 29.6 Å². The van der Waals surface area contributed by atoms with E-state index in [4.69, 9.17) is 10.8 Å². The first-order valence-electron chi connectivity index (χ1n) is 6.46. The summed E-state index contributed by atoms with van der Waals surface area (Å²) in [5, 5.41) is 22.9. The molecule has 2 atom stereocenters. The maximum Gasteiger partial charge on any atom is 0.306 e. The monoisotopic (exact) mass is 293 g/mol. The number of hydrogen-bond acceptors (Lipinski definition) is 5. The molecule has 1 amide bonds. The van der Waals surface area contributed by atoms with Gasteiger partial charge in [-0.3, -0.25) is 19.7 Å². The molecule has 1 fully saturated rings. The van der Waals surface area contributed by atoms with E-state index in [1.807, 2.05) is 0 Å². The van der Waals surface area contributed by atoms with Crippen LogP contribution in [0.5, 0.6) is 0 Å². The zero-order valence-electron chi connectivity index (χ0n) is 11.1. The highest BCUT2D eigenvalue weighted by molar-refractivity contribution is 5.94. The fraction of sp³-hybridized carbons (Fsp3) is 0.385. The Labute approximate surface area is 120 Å². The van der Waals surface area contributed by atoms with E-state index in [9.17, 15) is 19.7 Å². The van der Waals surface area contributed by atoms with Gasteiger partial charge in [0.15, 0.2) is 0 Å². The zero-order valence-corrected chi connectivity index (χ0v) is 11.1. The molecule has 0 aromatic heterocycles. The number of nitro groups is 1. The highest BCUT2D eigenvalue weighted by Gasteiger charge is 2.30. The number of aliphatic carboxylic acids is 1. The Hall–Kier alpha value is -2.64. The number of nitro benzene ring substituents is 1. The number of carbonyl (C=O) groups is 2. The third-order valence-electron chi connectivity index (χ3n) is 3.62. The average molecular weight is 293 g/mol. The number of carboxylic acids is 1. The molecule has 0 heterocycles. The van der Waals surface area contributed by atoms with E-state index in [0.29, 0.717) is 19.3 Å². The number of nitrogens with one attached hydrogen (secondary N) is 1. The summed E-state index contributed by atoms with van der Waals surface area (Å²) in [5.41, 5.74) is 5.35. The van der Waals surface area contributed by atoms with Crippen molar-refractivity contribution < 1.29 is 19.6 Å². The number of amides is 1. The molecule has 2 unspecified atom stereocenters. The minimum atomic E-state index is -0.861. The van der Waals surface area contributed by atoms with Crippen LogP contribution in [0.3, 0.4) is 0 Å². The number of primary amides is 1. The lowest BCUT2D eigenvalue weighted by Gasteiger charge is -2.14. The summed E-state index contributed by atoms with van der Waals surface area (Å²) < 4.78 is 0. The highest BCUT2D eigenvalue weighted by Crippen LogP contribution is 2.32. The van der Waals surface area contributed by atoms with Crippen molar-refractivity contribution in [1.29, 1.82) is 0 Å². The predicted octanol–water partition coefficient (Wildman–Crippen LogP) is 1.36. The molecule has 4 N–H and O–H groups in total. The first kappa shape index (κ1) is 14.8. The van der Waals surface area contributed by atoms with Gasteiger partial charge in [-0.2, -0.15) is 0 Å². The average Bonchev–Trinajstić information content (AvgIpc) is 2.87. The van der Waals surface area contributed by atoms with Crippen LogP contribution in [0.25, 0.3) is 0 Å². The molecule has 8 heteroatoms. The summed E-state index contributed by atoms with van der Waals surface area (Å²) in [6, 6.07) is 3.66. The Kier molecular flexibility index (Phi) is 4.06.